The fraction of sp³-hybridized carbons (Fsp3) is 0.643. The number of thioether (sulfide) groups is 1. The van der Waals surface area contributed by atoms with Crippen LogP contribution in [-0.2, 0) is 9.53 Å². The minimum Gasteiger partial charge on any atom is -0.443 e. The minimum absolute atomic E-state index is 0.161. The van der Waals surface area contributed by atoms with E-state index in [4.69, 9.17) is 4.74 Å². The van der Waals surface area contributed by atoms with Gasteiger partial charge in [0.05, 0.1) is 12.1 Å². The molecule has 0 unspecified atom stereocenters. The van der Waals surface area contributed by atoms with Gasteiger partial charge in [-0.3, -0.25) is 4.79 Å². The molecule has 110 valence electrons. The first kappa shape index (κ1) is 14.5. The normalized spacial score (nSPS) is 32.9. The molecule has 1 fully saturated rings. The summed E-state index contributed by atoms with van der Waals surface area (Å²) in [7, 11) is 0. The van der Waals surface area contributed by atoms with E-state index in [1.165, 1.54) is 11.8 Å². The van der Waals surface area contributed by atoms with Gasteiger partial charge in [0.25, 0.3) is 0 Å². The zero-order valence-electron chi connectivity index (χ0n) is 11.6. The third-order valence-electron chi connectivity index (χ3n) is 4.04. The molecule has 1 saturated heterocycles. The molecule has 0 aliphatic carbocycles. The van der Waals surface area contributed by atoms with E-state index in [0.29, 0.717) is 11.1 Å². The Morgan fingerprint density at radius 1 is 1.50 bits per heavy atom. The van der Waals surface area contributed by atoms with Gasteiger partial charge >= 0.3 is 0 Å². The third-order valence-corrected chi connectivity index (χ3v) is 5.72. The molecule has 0 aromatic carbocycles. The summed E-state index contributed by atoms with van der Waals surface area (Å²) in [6.45, 7) is 4.73. The number of piperidine rings is 1. The Morgan fingerprint density at radius 2 is 2.25 bits per heavy atom. The number of amides is 1. The van der Waals surface area contributed by atoms with E-state index in [1.807, 2.05) is 24.8 Å². The standard InChI is InChI=1S/C14H18BrNO3S/c1-14(2)12(18)11-8(7-9(15)19-13(11)20-14)16-6-4-3-5-10(16)17/h7-8,12,18H,3-6H2,1-2H3/t8-,12+/m0/s1. The number of nitrogens with zero attached hydrogens (tertiary/aromatic N) is 1. The van der Waals surface area contributed by atoms with Gasteiger partial charge in [-0.1, -0.05) is 11.8 Å². The van der Waals surface area contributed by atoms with Gasteiger partial charge in [0.15, 0.2) is 9.76 Å². The molecule has 0 aromatic rings. The second-order valence-electron chi connectivity index (χ2n) is 5.91. The van der Waals surface area contributed by atoms with Crippen LogP contribution in [-0.4, -0.2) is 39.4 Å². The second kappa shape index (κ2) is 5.07. The van der Waals surface area contributed by atoms with E-state index < -0.39 is 6.10 Å². The van der Waals surface area contributed by atoms with Gasteiger partial charge in [-0.25, -0.2) is 0 Å². The Hall–Kier alpha value is -0.460. The highest BCUT2D eigenvalue weighted by molar-refractivity contribution is 9.11. The highest BCUT2D eigenvalue weighted by Crippen LogP contribution is 2.51. The number of hydrogen-bond donors (Lipinski definition) is 1. The van der Waals surface area contributed by atoms with Crippen molar-refractivity contribution in [2.45, 2.75) is 50.0 Å². The molecule has 3 rings (SSSR count). The van der Waals surface area contributed by atoms with E-state index in [0.717, 1.165) is 30.1 Å². The van der Waals surface area contributed by atoms with E-state index in [-0.39, 0.29) is 16.7 Å². The molecule has 0 spiro atoms. The summed E-state index contributed by atoms with van der Waals surface area (Å²) in [6, 6.07) is -0.190. The lowest BCUT2D eigenvalue weighted by Crippen LogP contribution is -2.47. The molecule has 3 heterocycles. The molecule has 1 amide bonds. The third kappa shape index (κ3) is 2.31. The van der Waals surface area contributed by atoms with Crippen LogP contribution < -0.4 is 0 Å². The molecule has 6 heteroatoms. The van der Waals surface area contributed by atoms with Crippen LogP contribution in [0.25, 0.3) is 0 Å². The molecule has 0 radical (unpaired) electrons. The van der Waals surface area contributed by atoms with Crippen LogP contribution in [0, 0.1) is 0 Å². The van der Waals surface area contributed by atoms with Crippen LogP contribution in [0.3, 0.4) is 0 Å². The zero-order chi connectivity index (χ0) is 14.5. The van der Waals surface area contributed by atoms with Crippen LogP contribution in [0.4, 0.5) is 0 Å². The summed E-state index contributed by atoms with van der Waals surface area (Å²) in [5.41, 5.74) is 0.832. The zero-order valence-corrected chi connectivity index (χ0v) is 14.0. The van der Waals surface area contributed by atoms with Crippen molar-refractivity contribution in [1.82, 2.24) is 4.90 Å². The van der Waals surface area contributed by atoms with Crippen LogP contribution in [0.15, 0.2) is 21.4 Å². The van der Waals surface area contributed by atoms with Gasteiger partial charge in [-0.05, 0) is 48.7 Å². The van der Waals surface area contributed by atoms with Crippen molar-refractivity contribution in [1.29, 1.82) is 0 Å². The molecule has 20 heavy (non-hydrogen) atoms. The molecule has 3 aliphatic rings. The second-order valence-corrected chi connectivity index (χ2v) is 8.32. The highest BCUT2D eigenvalue weighted by Gasteiger charge is 2.48. The number of ether oxygens (including phenoxy) is 1. The maximum Gasteiger partial charge on any atom is 0.223 e. The molecular weight excluding hydrogens is 342 g/mol. The van der Waals surface area contributed by atoms with Crippen LogP contribution in [0.2, 0.25) is 0 Å². The van der Waals surface area contributed by atoms with Gasteiger partial charge < -0.3 is 14.7 Å². The fourth-order valence-electron chi connectivity index (χ4n) is 2.92. The molecule has 0 bridgehead atoms. The van der Waals surface area contributed by atoms with Crippen molar-refractivity contribution in [3.8, 4) is 0 Å². The average Bonchev–Trinajstić information content (AvgIpc) is 2.59. The van der Waals surface area contributed by atoms with E-state index >= 15 is 0 Å². The summed E-state index contributed by atoms with van der Waals surface area (Å²) in [5, 5.41) is 11.3. The Labute approximate surface area is 131 Å². The molecule has 0 aromatic heterocycles. The van der Waals surface area contributed by atoms with Gasteiger partial charge in [-0.15, -0.1) is 0 Å². The van der Waals surface area contributed by atoms with Crippen LogP contribution >= 0.6 is 27.7 Å². The molecule has 1 N–H and O–H groups in total. The molecule has 4 nitrogen and oxygen atoms in total. The van der Waals surface area contributed by atoms with Gasteiger partial charge in [-0.2, -0.15) is 0 Å². The maximum absolute atomic E-state index is 12.2. The van der Waals surface area contributed by atoms with E-state index in [1.54, 1.807) is 0 Å². The lowest BCUT2D eigenvalue weighted by Gasteiger charge is -2.37. The number of aliphatic hydroxyl groups is 1. The minimum atomic E-state index is -0.598. The van der Waals surface area contributed by atoms with Crippen LogP contribution in [0.1, 0.15) is 33.1 Å². The monoisotopic (exact) mass is 359 g/mol. The summed E-state index contributed by atoms with van der Waals surface area (Å²) < 4.78 is 5.99. The first-order valence-electron chi connectivity index (χ1n) is 6.86. The lowest BCUT2D eigenvalue weighted by atomic mass is 9.91. The summed E-state index contributed by atoms with van der Waals surface area (Å²) in [5.74, 6) is 0.161. The first-order valence-corrected chi connectivity index (χ1v) is 8.47. The van der Waals surface area contributed by atoms with Crippen molar-refractivity contribution in [3.63, 3.8) is 0 Å². The van der Waals surface area contributed by atoms with Crippen molar-refractivity contribution in [2.75, 3.05) is 6.54 Å². The first-order chi connectivity index (χ1) is 9.40. The quantitative estimate of drug-likeness (QED) is 0.781. The van der Waals surface area contributed by atoms with Crippen molar-refractivity contribution in [3.05, 3.63) is 21.4 Å². The number of likely N-dealkylation sites (tertiary alicyclic amines) is 1. The number of carbonyl (C=O) groups is 1. The highest BCUT2D eigenvalue weighted by atomic mass is 79.9. The smallest absolute Gasteiger partial charge is 0.223 e. The predicted molar refractivity (Wildman–Crippen MR) is 82.1 cm³/mol. The topological polar surface area (TPSA) is 49.8 Å². The Bertz CT molecular complexity index is 515. The van der Waals surface area contributed by atoms with Crippen LogP contribution in [0.5, 0.6) is 0 Å². The molecule has 3 aliphatic heterocycles. The number of halogens is 1. The average molecular weight is 360 g/mol. The number of rotatable bonds is 1. The maximum atomic E-state index is 12.2. The molecular formula is C14H18BrNO3S. The number of hydrogen-bond acceptors (Lipinski definition) is 4. The lowest BCUT2D eigenvalue weighted by molar-refractivity contribution is -0.134. The van der Waals surface area contributed by atoms with Gasteiger partial charge in [0.1, 0.15) is 0 Å². The van der Waals surface area contributed by atoms with Crippen molar-refractivity contribution >= 4 is 33.6 Å². The molecule has 2 atom stereocenters. The van der Waals surface area contributed by atoms with Gasteiger partial charge in [0, 0.05) is 23.3 Å². The van der Waals surface area contributed by atoms with E-state index in [9.17, 15) is 9.90 Å². The fourth-order valence-corrected chi connectivity index (χ4v) is 4.63. The summed E-state index contributed by atoms with van der Waals surface area (Å²) in [4.78, 5) is 14.1. The number of carbonyl (C=O) groups excluding carboxylic acids is 1. The van der Waals surface area contributed by atoms with Gasteiger partial charge in [0.2, 0.25) is 5.91 Å². The molecule has 0 saturated carbocycles. The number of aliphatic hydroxyl groups excluding tert-OH is 1. The summed E-state index contributed by atoms with van der Waals surface area (Å²) >= 11 is 4.91. The Balaban J connectivity index is 1.96. The predicted octanol–water partition coefficient (Wildman–Crippen LogP) is 2.73. The van der Waals surface area contributed by atoms with Crippen molar-refractivity contribution < 1.29 is 14.6 Å². The van der Waals surface area contributed by atoms with E-state index in [2.05, 4.69) is 15.9 Å². The Morgan fingerprint density at radius 3 is 2.95 bits per heavy atom. The largest absolute Gasteiger partial charge is 0.443 e. The summed E-state index contributed by atoms with van der Waals surface area (Å²) in [6.07, 6.45) is 3.85. The van der Waals surface area contributed by atoms with Crippen molar-refractivity contribution in [2.24, 2.45) is 0 Å². The Kier molecular flexibility index (Phi) is 3.67. The SMILES string of the molecule is CC1(C)SC2=C([C@H]1O)[C@@H](N1CCCCC1=O)C=C(Br)O2.